The van der Waals surface area contributed by atoms with Crippen molar-refractivity contribution >= 4 is 45.7 Å². The molecular formula is C8H5ClS2. The van der Waals surface area contributed by atoms with E-state index in [4.69, 9.17) is 11.6 Å². The average molecular weight is 201 g/mol. The van der Waals surface area contributed by atoms with Crippen molar-refractivity contribution < 1.29 is 0 Å². The van der Waals surface area contributed by atoms with Crippen LogP contribution in [0.2, 0.25) is 5.02 Å². The van der Waals surface area contributed by atoms with Gasteiger partial charge in [-0.25, -0.2) is 0 Å². The van der Waals surface area contributed by atoms with Gasteiger partial charge >= 0.3 is 0 Å². The summed E-state index contributed by atoms with van der Waals surface area (Å²) in [5.74, 6) is 0. The molecule has 0 radical (unpaired) electrons. The summed E-state index contributed by atoms with van der Waals surface area (Å²) in [6.45, 7) is 0. The van der Waals surface area contributed by atoms with Crippen molar-refractivity contribution in [1.82, 2.24) is 0 Å². The van der Waals surface area contributed by atoms with Crippen molar-refractivity contribution in [3.8, 4) is 0 Å². The van der Waals surface area contributed by atoms with E-state index < -0.39 is 0 Å². The first-order valence-corrected chi connectivity index (χ1v) is 4.78. The molecule has 0 aliphatic carbocycles. The Morgan fingerprint density at radius 1 is 1.27 bits per heavy atom. The summed E-state index contributed by atoms with van der Waals surface area (Å²) >= 11 is 11.7. The Morgan fingerprint density at radius 2 is 2.09 bits per heavy atom. The highest BCUT2D eigenvalue weighted by Crippen LogP contribution is 2.29. The molecule has 0 N–H and O–H groups in total. The monoisotopic (exact) mass is 200 g/mol. The van der Waals surface area contributed by atoms with E-state index in [-0.39, 0.29) is 0 Å². The van der Waals surface area contributed by atoms with Gasteiger partial charge in [-0.05, 0) is 29.7 Å². The molecular weight excluding hydrogens is 196 g/mol. The zero-order valence-corrected chi connectivity index (χ0v) is 8.01. The van der Waals surface area contributed by atoms with E-state index in [1.165, 1.54) is 10.1 Å². The molecule has 56 valence electrons. The first kappa shape index (κ1) is 7.47. The van der Waals surface area contributed by atoms with Gasteiger partial charge in [0, 0.05) is 9.72 Å². The first-order chi connectivity index (χ1) is 5.25. The van der Waals surface area contributed by atoms with Crippen LogP contribution in [0.5, 0.6) is 0 Å². The molecule has 0 aliphatic heterocycles. The molecule has 2 aromatic rings. The van der Waals surface area contributed by atoms with Crippen molar-refractivity contribution in [3.05, 3.63) is 29.3 Å². The molecule has 1 aromatic carbocycles. The van der Waals surface area contributed by atoms with Gasteiger partial charge in [-0.15, -0.1) is 24.0 Å². The zero-order valence-electron chi connectivity index (χ0n) is 5.54. The number of thiophene rings is 1. The van der Waals surface area contributed by atoms with Gasteiger partial charge in [-0.2, -0.15) is 0 Å². The minimum absolute atomic E-state index is 0.781. The number of rotatable bonds is 0. The summed E-state index contributed by atoms with van der Waals surface area (Å²) in [6.07, 6.45) is 0. The lowest BCUT2D eigenvalue weighted by Gasteiger charge is -1.87. The number of thiol groups is 1. The van der Waals surface area contributed by atoms with E-state index in [1.54, 1.807) is 11.3 Å². The SMILES string of the molecule is Sc1cc2cc(Cl)ccc2s1. The van der Waals surface area contributed by atoms with E-state index in [0.717, 1.165) is 9.23 Å². The fourth-order valence-corrected chi connectivity index (χ4v) is 2.40. The second-order valence-corrected chi connectivity index (χ2v) is 4.57. The van der Waals surface area contributed by atoms with Crippen LogP contribution in [0, 0.1) is 0 Å². The quantitative estimate of drug-likeness (QED) is 0.614. The molecule has 1 heterocycles. The molecule has 0 amide bonds. The van der Waals surface area contributed by atoms with Crippen LogP contribution >= 0.6 is 35.6 Å². The average Bonchev–Trinajstić information content (AvgIpc) is 2.27. The highest BCUT2D eigenvalue weighted by Gasteiger charge is 1.97. The lowest BCUT2D eigenvalue weighted by Crippen LogP contribution is -1.61. The summed E-state index contributed by atoms with van der Waals surface area (Å²) in [4.78, 5) is 0. The summed E-state index contributed by atoms with van der Waals surface area (Å²) < 4.78 is 2.27. The van der Waals surface area contributed by atoms with E-state index in [0.29, 0.717) is 0 Å². The van der Waals surface area contributed by atoms with Crippen LogP contribution in [0.25, 0.3) is 10.1 Å². The summed E-state index contributed by atoms with van der Waals surface area (Å²) in [7, 11) is 0. The molecule has 0 atom stereocenters. The molecule has 0 saturated heterocycles. The standard InChI is InChI=1S/C8H5ClS2/c9-6-1-2-7-5(3-6)4-8(10)11-7/h1-4,10H. The van der Waals surface area contributed by atoms with Gasteiger partial charge in [-0.1, -0.05) is 11.6 Å². The number of halogens is 1. The Morgan fingerprint density at radius 3 is 2.91 bits per heavy atom. The van der Waals surface area contributed by atoms with Crippen molar-refractivity contribution in [3.63, 3.8) is 0 Å². The lowest BCUT2D eigenvalue weighted by atomic mass is 10.3. The van der Waals surface area contributed by atoms with Gasteiger partial charge in [0.25, 0.3) is 0 Å². The maximum atomic E-state index is 5.81. The predicted molar refractivity (Wildman–Crippen MR) is 54.1 cm³/mol. The second-order valence-electron chi connectivity index (χ2n) is 2.27. The molecule has 0 saturated carbocycles. The minimum Gasteiger partial charge on any atom is -0.133 e. The van der Waals surface area contributed by atoms with E-state index in [9.17, 15) is 0 Å². The fraction of sp³-hybridized carbons (Fsp3) is 0. The van der Waals surface area contributed by atoms with Crippen molar-refractivity contribution in [2.24, 2.45) is 0 Å². The topological polar surface area (TPSA) is 0 Å². The predicted octanol–water partition coefficient (Wildman–Crippen LogP) is 3.84. The van der Waals surface area contributed by atoms with Crippen molar-refractivity contribution in [2.45, 2.75) is 4.21 Å². The molecule has 11 heavy (non-hydrogen) atoms. The molecule has 0 bridgehead atoms. The van der Waals surface area contributed by atoms with Crippen LogP contribution in [-0.4, -0.2) is 0 Å². The van der Waals surface area contributed by atoms with Gasteiger partial charge in [0.05, 0.1) is 4.21 Å². The molecule has 1 aromatic heterocycles. The fourth-order valence-electron chi connectivity index (χ4n) is 1.00. The molecule has 2 rings (SSSR count). The second kappa shape index (κ2) is 2.70. The Labute approximate surface area is 79.2 Å². The Kier molecular flexibility index (Phi) is 1.83. The summed E-state index contributed by atoms with van der Waals surface area (Å²) in [5.41, 5.74) is 0. The maximum Gasteiger partial charge on any atom is 0.0580 e. The summed E-state index contributed by atoms with van der Waals surface area (Å²) in [6, 6.07) is 7.89. The summed E-state index contributed by atoms with van der Waals surface area (Å²) in [5, 5.41) is 1.95. The molecule has 0 unspecified atom stereocenters. The number of hydrogen-bond donors (Lipinski definition) is 1. The Bertz CT molecular complexity index is 392. The molecule has 0 aliphatic rings. The van der Waals surface area contributed by atoms with Gasteiger partial charge < -0.3 is 0 Å². The minimum atomic E-state index is 0.781. The Hall–Kier alpha value is -0.180. The van der Waals surface area contributed by atoms with Gasteiger partial charge in [-0.3, -0.25) is 0 Å². The van der Waals surface area contributed by atoms with Crippen LogP contribution in [0.3, 0.4) is 0 Å². The highest BCUT2D eigenvalue weighted by atomic mass is 35.5. The number of hydrogen-bond acceptors (Lipinski definition) is 2. The maximum absolute atomic E-state index is 5.81. The van der Waals surface area contributed by atoms with Crippen LogP contribution in [-0.2, 0) is 0 Å². The van der Waals surface area contributed by atoms with Crippen molar-refractivity contribution in [2.75, 3.05) is 0 Å². The lowest BCUT2D eigenvalue weighted by molar-refractivity contribution is 1.78. The van der Waals surface area contributed by atoms with Crippen molar-refractivity contribution in [1.29, 1.82) is 0 Å². The van der Waals surface area contributed by atoms with Crippen LogP contribution in [0.15, 0.2) is 28.5 Å². The van der Waals surface area contributed by atoms with E-state index in [1.807, 2.05) is 24.3 Å². The third kappa shape index (κ3) is 1.39. The van der Waals surface area contributed by atoms with Crippen LogP contribution in [0.1, 0.15) is 0 Å². The Balaban J connectivity index is 2.82. The highest BCUT2D eigenvalue weighted by molar-refractivity contribution is 7.83. The molecule has 0 fully saturated rings. The molecule has 0 nitrogen and oxygen atoms in total. The van der Waals surface area contributed by atoms with Gasteiger partial charge in [0.1, 0.15) is 0 Å². The third-order valence-corrected chi connectivity index (χ3v) is 3.02. The zero-order chi connectivity index (χ0) is 7.84. The van der Waals surface area contributed by atoms with Gasteiger partial charge in [0.15, 0.2) is 0 Å². The van der Waals surface area contributed by atoms with Crippen LogP contribution in [0.4, 0.5) is 0 Å². The van der Waals surface area contributed by atoms with Crippen LogP contribution < -0.4 is 0 Å². The van der Waals surface area contributed by atoms with E-state index in [2.05, 4.69) is 12.6 Å². The first-order valence-electron chi connectivity index (χ1n) is 3.14. The molecule has 3 heteroatoms. The largest absolute Gasteiger partial charge is 0.133 e. The molecule has 0 spiro atoms. The number of benzene rings is 1. The normalized spacial score (nSPS) is 10.7. The van der Waals surface area contributed by atoms with E-state index >= 15 is 0 Å². The number of fused-ring (bicyclic) bond motifs is 1. The van der Waals surface area contributed by atoms with Gasteiger partial charge in [0.2, 0.25) is 0 Å². The third-order valence-electron chi connectivity index (χ3n) is 1.47. The smallest absolute Gasteiger partial charge is 0.0580 e.